The number of piperazine rings is 1. The molecule has 0 aliphatic carbocycles. The van der Waals surface area contributed by atoms with Crippen LogP contribution in [0.2, 0.25) is 5.02 Å². The van der Waals surface area contributed by atoms with Gasteiger partial charge in [0.1, 0.15) is 15.5 Å². The van der Waals surface area contributed by atoms with Crippen LogP contribution in [0.3, 0.4) is 0 Å². The summed E-state index contributed by atoms with van der Waals surface area (Å²) in [5.41, 5.74) is 0.744. The molecule has 10 heteroatoms. The minimum Gasteiger partial charge on any atom is -0.494 e. The van der Waals surface area contributed by atoms with Gasteiger partial charge in [0.2, 0.25) is 0 Å². The standard InChI is InChI=1S/C16H16ClN3O3S3/c1-23-12-5-4-11(17)15-14(12)18-16(25-15)19-6-8-20(9-7-19)26(21,22)13-3-2-10-24-13/h2-5,10H,6-9H2,1H3. The molecule has 138 valence electrons. The third-order valence-electron chi connectivity index (χ3n) is 4.27. The molecule has 3 aromatic rings. The van der Waals surface area contributed by atoms with Gasteiger partial charge in [-0.1, -0.05) is 29.0 Å². The summed E-state index contributed by atoms with van der Waals surface area (Å²) < 4.78 is 33.4. The largest absolute Gasteiger partial charge is 0.494 e. The van der Waals surface area contributed by atoms with Crippen LogP contribution in [0.5, 0.6) is 5.75 Å². The van der Waals surface area contributed by atoms with Crippen molar-refractivity contribution < 1.29 is 13.2 Å². The molecule has 1 fully saturated rings. The highest BCUT2D eigenvalue weighted by atomic mass is 35.5. The van der Waals surface area contributed by atoms with E-state index in [0.717, 1.165) is 15.3 Å². The lowest BCUT2D eigenvalue weighted by atomic mass is 10.3. The highest BCUT2D eigenvalue weighted by molar-refractivity contribution is 7.91. The number of aromatic nitrogens is 1. The van der Waals surface area contributed by atoms with Crippen molar-refractivity contribution in [3.05, 3.63) is 34.7 Å². The maximum Gasteiger partial charge on any atom is 0.252 e. The fourth-order valence-electron chi connectivity index (χ4n) is 2.90. The Bertz CT molecular complexity index is 1030. The number of nitrogens with zero attached hydrogens (tertiary/aromatic N) is 3. The van der Waals surface area contributed by atoms with E-state index in [1.807, 2.05) is 0 Å². The van der Waals surface area contributed by atoms with Gasteiger partial charge in [-0.25, -0.2) is 13.4 Å². The third-order valence-corrected chi connectivity index (χ3v) is 9.11. The number of sulfonamides is 1. The van der Waals surface area contributed by atoms with Gasteiger partial charge < -0.3 is 9.64 Å². The number of rotatable bonds is 4. The van der Waals surface area contributed by atoms with Crippen LogP contribution in [-0.4, -0.2) is 51.0 Å². The molecular formula is C16H16ClN3O3S3. The number of benzene rings is 1. The minimum absolute atomic E-state index is 0.391. The fourth-order valence-corrected chi connectivity index (χ4v) is 6.77. The minimum atomic E-state index is -3.40. The molecule has 4 rings (SSSR count). The number of methoxy groups -OCH3 is 1. The Kier molecular flexibility index (Phi) is 4.83. The van der Waals surface area contributed by atoms with Crippen LogP contribution in [0.15, 0.2) is 33.9 Å². The summed E-state index contributed by atoms with van der Waals surface area (Å²) in [5.74, 6) is 0.686. The number of thiophene rings is 1. The Morgan fingerprint density at radius 1 is 1.19 bits per heavy atom. The molecule has 0 atom stereocenters. The van der Waals surface area contributed by atoms with Gasteiger partial charge in [-0.2, -0.15) is 4.31 Å². The normalized spacial score (nSPS) is 16.3. The Hall–Kier alpha value is -1.39. The molecule has 26 heavy (non-hydrogen) atoms. The van der Waals surface area contributed by atoms with E-state index < -0.39 is 10.0 Å². The molecule has 0 amide bonds. The molecule has 0 unspecified atom stereocenters. The number of ether oxygens (including phenoxy) is 1. The molecule has 2 aromatic heterocycles. The van der Waals surface area contributed by atoms with Gasteiger partial charge in [-0.3, -0.25) is 0 Å². The first-order chi connectivity index (χ1) is 12.5. The molecule has 6 nitrogen and oxygen atoms in total. The van der Waals surface area contributed by atoms with Gasteiger partial charge in [0.05, 0.1) is 16.8 Å². The van der Waals surface area contributed by atoms with Crippen LogP contribution < -0.4 is 9.64 Å². The number of anilines is 1. The summed E-state index contributed by atoms with van der Waals surface area (Å²) in [6, 6.07) is 7.01. The van der Waals surface area contributed by atoms with Gasteiger partial charge in [0, 0.05) is 26.2 Å². The van der Waals surface area contributed by atoms with Crippen molar-refractivity contribution in [2.24, 2.45) is 0 Å². The van der Waals surface area contributed by atoms with Crippen molar-refractivity contribution in [3.63, 3.8) is 0 Å². The number of thiazole rings is 1. The predicted octanol–water partition coefficient (Wildman–Crippen LogP) is 3.53. The third kappa shape index (κ3) is 3.07. The van der Waals surface area contributed by atoms with Crippen molar-refractivity contribution in [2.75, 3.05) is 38.2 Å². The van der Waals surface area contributed by atoms with Gasteiger partial charge in [-0.05, 0) is 23.6 Å². The first kappa shape index (κ1) is 18.0. The second-order valence-corrected chi connectivity index (χ2v) is 10.2. The zero-order valence-electron chi connectivity index (χ0n) is 13.9. The lowest BCUT2D eigenvalue weighted by Crippen LogP contribution is -2.48. The summed E-state index contributed by atoms with van der Waals surface area (Å²) in [6.07, 6.45) is 0. The van der Waals surface area contributed by atoms with Crippen LogP contribution in [-0.2, 0) is 10.0 Å². The van der Waals surface area contributed by atoms with E-state index in [1.165, 1.54) is 27.0 Å². The van der Waals surface area contributed by atoms with Gasteiger partial charge >= 0.3 is 0 Å². The Labute approximate surface area is 164 Å². The maximum absolute atomic E-state index is 12.6. The highest BCUT2D eigenvalue weighted by Crippen LogP contribution is 2.39. The molecule has 1 aliphatic rings. The van der Waals surface area contributed by atoms with E-state index in [1.54, 1.807) is 36.8 Å². The summed E-state index contributed by atoms with van der Waals surface area (Å²) in [4.78, 5) is 6.77. The van der Waals surface area contributed by atoms with Crippen molar-refractivity contribution in [1.29, 1.82) is 0 Å². The topological polar surface area (TPSA) is 62.7 Å². The van der Waals surface area contributed by atoms with Crippen LogP contribution in [0.1, 0.15) is 0 Å². The molecule has 1 aromatic carbocycles. The lowest BCUT2D eigenvalue weighted by Gasteiger charge is -2.33. The molecule has 0 bridgehead atoms. The highest BCUT2D eigenvalue weighted by Gasteiger charge is 2.30. The Balaban J connectivity index is 1.55. The van der Waals surface area contributed by atoms with Crippen molar-refractivity contribution in [1.82, 2.24) is 9.29 Å². The summed E-state index contributed by atoms with van der Waals surface area (Å²) in [5, 5.41) is 3.25. The maximum atomic E-state index is 12.6. The van der Waals surface area contributed by atoms with E-state index in [2.05, 4.69) is 9.88 Å². The predicted molar refractivity (Wildman–Crippen MR) is 106 cm³/mol. The van der Waals surface area contributed by atoms with Gasteiger partial charge in [-0.15, -0.1) is 11.3 Å². The Morgan fingerprint density at radius 2 is 1.96 bits per heavy atom. The number of hydrogen-bond acceptors (Lipinski definition) is 7. The first-order valence-corrected chi connectivity index (χ1v) is 11.4. The summed E-state index contributed by atoms with van der Waals surface area (Å²) >= 11 is 9.04. The van der Waals surface area contributed by atoms with E-state index in [9.17, 15) is 8.42 Å². The SMILES string of the molecule is COc1ccc(Cl)c2sc(N3CCN(S(=O)(=O)c4cccs4)CC3)nc12. The molecule has 1 saturated heterocycles. The summed E-state index contributed by atoms with van der Waals surface area (Å²) in [6.45, 7) is 2.04. The molecule has 3 heterocycles. The van der Waals surface area contributed by atoms with Crippen LogP contribution in [0.4, 0.5) is 5.13 Å². The molecule has 0 saturated carbocycles. The van der Waals surface area contributed by atoms with Crippen LogP contribution in [0.25, 0.3) is 10.2 Å². The molecule has 0 radical (unpaired) electrons. The average molecular weight is 430 g/mol. The average Bonchev–Trinajstić information content (AvgIpc) is 3.33. The van der Waals surface area contributed by atoms with E-state index in [0.29, 0.717) is 41.2 Å². The quantitative estimate of drug-likeness (QED) is 0.634. The van der Waals surface area contributed by atoms with Crippen molar-refractivity contribution in [3.8, 4) is 5.75 Å². The second-order valence-electron chi connectivity index (χ2n) is 5.75. The zero-order chi connectivity index (χ0) is 18.3. The van der Waals surface area contributed by atoms with E-state index in [4.69, 9.17) is 16.3 Å². The smallest absolute Gasteiger partial charge is 0.252 e. The summed E-state index contributed by atoms with van der Waals surface area (Å²) in [7, 11) is -1.79. The van der Waals surface area contributed by atoms with Crippen molar-refractivity contribution in [2.45, 2.75) is 4.21 Å². The van der Waals surface area contributed by atoms with Gasteiger partial charge in [0.15, 0.2) is 5.13 Å². The molecule has 1 aliphatic heterocycles. The molecule has 0 N–H and O–H groups in total. The van der Waals surface area contributed by atoms with Gasteiger partial charge in [0.25, 0.3) is 10.0 Å². The molecular weight excluding hydrogens is 414 g/mol. The molecule has 0 spiro atoms. The van der Waals surface area contributed by atoms with E-state index in [-0.39, 0.29) is 0 Å². The first-order valence-electron chi connectivity index (χ1n) is 7.92. The number of hydrogen-bond donors (Lipinski definition) is 0. The monoisotopic (exact) mass is 429 g/mol. The Morgan fingerprint density at radius 3 is 2.62 bits per heavy atom. The number of fused-ring (bicyclic) bond motifs is 1. The van der Waals surface area contributed by atoms with Crippen LogP contribution in [0, 0.1) is 0 Å². The van der Waals surface area contributed by atoms with E-state index >= 15 is 0 Å². The zero-order valence-corrected chi connectivity index (χ0v) is 17.1. The lowest BCUT2D eigenvalue weighted by molar-refractivity contribution is 0.385. The van der Waals surface area contributed by atoms with Crippen molar-refractivity contribution >= 4 is 59.6 Å². The second kappa shape index (κ2) is 6.97. The number of halogens is 1. The van der Waals surface area contributed by atoms with Crippen LogP contribution >= 0.6 is 34.3 Å². The fraction of sp³-hybridized carbons (Fsp3) is 0.312.